The Labute approximate surface area is 140 Å². The van der Waals surface area contributed by atoms with E-state index >= 15 is 0 Å². The minimum absolute atomic E-state index is 0.108. The van der Waals surface area contributed by atoms with Crippen LogP contribution in [0.4, 0.5) is 0 Å². The highest BCUT2D eigenvalue weighted by molar-refractivity contribution is 7.99. The summed E-state index contributed by atoms with van der Waals surface area (Å²) < 4.78 is 5.57. The van der Waals surface area contributed by atoms with Crippen molar-refractivity contribution >= 4 is 35.0 Å². The van der Waals surface area contributed by atoms with Gasteiger partial charge in [-0.05, 0) is 31.0 Å². The highest BCUT2D eigenvalue weighted by Gasteiger charge is 2.19. The van der Waals surface area contributed by atoms with Crippen LogP contribution in [0.25, 0.3) is 0 Å². The number of benzene rings is 1. The third-order valence-electron chi connectivity index (χ3n) is 3.54. The second-order valence-electron chi connectivity index (χ2n) is 5.06. The normalized spacial score (nSPS) is 17.3. The van der Waals surface area contributed by atoms with Crippen molar-refractivity contribution in [1.82, 2.24) is 4.90 Å². The molecule has 0 spiro atoms. The Hall–Kier alpha value is 0.0300. The topological polar surface area (TPSA) is 32.7 Å². The summed E-state index contributed by atoms with van der Waals surface area (Å²) in [6.07, 6.45) is 2.40. The lowest BCUT2D eigenvalue weighted by molar-refractivity contribution is -0.00668. The number of halogens is 2. The molecule has 0 aromatic heterocycles. The van der Waals surface area contributed by atoms with Crippen molar-refractivity contribution in [3.63, 3.8) is 0 Å². The predicted molar refractivity (Wildman–Crippen MR) is 89.7 cm³/mol. The molecular weight excluding hydrogens is 329 g/mol. The van der Waals surface area contributed by atoms with Crippen molar-refractivity contribution in [3.05, 3.63) is 28.2 Å². The predicted octanol–water partition coefficient (Wildman–Crippen LogP) is 3.56. The van der Waals surface area contributed by atoms with Crippen LogP contribution in [0.2, 0.25) is 10.0 Å². The number of rotatable bonds is 7. The van der Waals surface area contributed by atoms with E-state index in [4.69, 9.17) is 33.0 Å². The van der Waals surface area contributed by atoms with Crippen LogP contribution < -0.4 is 0 Å². The lowest BCUT2D eigenvalue weighted by Gasteiger charge is -2.31. The number of hydrogen-bond donors (Lipinski definition) is 1. The second-order valence-corrected chi connectivity index (χ2v) is 7.04. The maximum atomic E-state index is 8.76. The average Bonchev–Trinajstić information content (AvgIpc) is 2.50. The fraction of sp³-hybridized carbons (Fsp3) is 0.600. The molecule has 1 N–H and O–H groups in total. The number of aliphatic hydroxyl groups is 1. The van der Waals surface area contributed by atoms with Gasteiger partial charge < -0.3 is 14.7 Å². The first kappa shape index (κ1) is 17.4. The van der Waals surface area contributed by atoms with Gasteiger partial charge in [0.05, 0.1) is 24.3 Å². The quantitative estimate of drug-likeness (QED) is 0.763. The molecule has 1 fully saturated rings. The van der Waals surface area contributed by atoms with Crippen molar-refractivity contribution in [2.75, 3.05) is 38.6 Å². The Balaban J connectivity index is 1.67. The molecule has 0 atom stereocenters. The third-order valence-corrected chi connectivity index (χ3v) is 5.25. The SMILES string of the molecule is OCCOC1CCN(CCSc2cc(Cl)ccc2Cl)CC1. The van der Waals surface area contributed by atoms with E-state index < -0.39 is 0 Å². The molecule has 2 rings (SSSR count). The zero-order valence-corrected chi connectivity index (χ0v) is 14.3. The van der Waals surface area contributed by atoms with E-state index in [1.165, 1.54) is 0 Å². The summed E-state index contributed by atoms with van der Waals surface area (Å²) in [7, 11) is 0. The van der Waals surface area contributed by atoms with Crippen LogP contribution in [-0.4, -0.2) is 54.7 Å². The van der Waals surface area contributed by atoms with Crippen molar-refractivity contribution < 1.29 is 9.84 Å². The lowest BCUT2D eigenvalue weighted by atomic mass is 10.1. The first-order chi connectivity index (χ1) is 10.2. The lowest BCUT2D eigenvalue weighted by Crippen LogP contribution is -2.38. The number of aliphatic hydroxyl groups excluding tert-OH is 1. The maximum absolute atomic E-state index is 8.76. The van der Waals surface area contributed by atoms with Crippen LogP contribution in [0.15, 0.2) is 23.1 Å². The van der Waals surface area contributed by atoms with Crippen molar-refractivity contribution in [3.8, 4) is 0 Å². The number of hydrogen-bond acceptors (Lipinski definition) is 4. The minimum Gasteiger partial charge on any atom is -0.394 e. The van der Waals surface area contributed by atoms with Gasteiger partial charge >= 0.3 is 0 Å². The van der Waals surface area contributed by atoms with Crippen molar-refractivity contribution in [2.45, 2.75) is 23.8 Å². The number of thioether (sulfide) groups is 1. The number of likely N-dealkylation sites (tertiary alicyclic amines) is 1. The Bertz CT molecular complexity index is 440. The van der Waals surface area contributed by atoms with Crippen LogP contribution >= 0.6 is 35.0 Å². The van der Waals surface area contributed by atoms with Gasteiger partial charge in [-0.25, -0.2) is 0 Å². The van der Waals surface area contributed by atoms with Crippen molar-refractivity contribution in [2.24, 2.45) is 0 Å². The molecule has 1 aliphatic heterocycles. The van der Waals surface area contributed by atoms with Gasteiger partial charge in [0, 0.05) is 35.3 Å². The minimum atomic E-state index is 0.108. The molecule has 118 valence electrons. The summed E-state index contributed by atoms with van der Waals surface area (Å²) in [6.45, 7) is 3.71. The van der Waals surface area contributed by atoms with E-state index in [2.05, 4.69) is 4.90 Å². The molecular formula is C15H21Cl2NO2S. The molecule has 1 aromatic rings. The molecule has 6 heteroatoms. The van der Waals surface area contributed by atoms with E-state index in [1.54, 1.807) is 11.8 Å². The molecule has 1 saturated heterocycles. The summed E-state index contributed by atoms with van der Waals surface area (Å²) >= 11 is 13.9. The van der Waals surface area contributed by atoms with Gasteiger partial charge in [-0.2, -0.15) is 0 Å². The monoisotopic (exact) mass is 349 g/mol. The summed E-state index contributed by atoms with van der Waals surface area (Å²) in [4.78, 5) is 3.50. The molecule has 0 amide bonds. The van der Waals surface area contributed by atoms with E-state index in [9.17, 15) is 0 Å². The van der Waals surface area contributed by atoms with E-state index in [1.807, 2.05) is 18.2 Å². The fourth-order valence-electron chi connectivity index (χ4n) is 2.39. The number of piperidine rings is 1. The molecule has 0 bridgehead atoms. The molecule has 21 heavy (non-hydrogen) atoms. The second kappa shape index (κ2) is 9.23. The molecule has 1 aliphatic rings. The zero-order valence-electron chi connectivity index (χ0n) is 11.9. The van der Waals surface area contributed by atoms with Crippen LogP contribution in [0.1, 0.15) is 12.8 Å². The summed E-state index contributed by atoms with van der Waals surface area (Å²) in [5.41, 5.74) is 0. The van der Waals surface area contributed by atoms with Gasteiger partial charge in [0.1, 0.15) is 0 Å². The first-order valence-corrected chi connectivity index (χ1v) is 8.96. The van der Waals surface area contributed by atoms with Gasteiger partial charge in [0.15, 0.2) is 0 Å². The molecule has 1 aromatic carbocycles. The van der Waals surface area contributed by atoms with Gasteiger partial charge in [0.2, 0.25) is 0 Å². The van der Waals surface area contributed by atoms with Gasteiger partial charge in [-0.1, -0.05) is 23.2 Å². The Kier molecular flexibility index (Phi) is 7.64. The van der Waals surface area contributed by atoms with Gasteiger partial charge in [-0.3, -0.25) is 0 Å². The Morgan fingerprint density at radius 2 is 2.05 bits per heavy atom. The smallest absolute Gasteiger partial charge is 0.0701 e. The number of ether oxygens (including phenoxy) is 1. The van der Waals surface area contributed by atoms with Crippen molar-refractivity contribution in [1.29, 1.82) is 0 Å². The summed E-state index contributed by atoms with van der Waals surface area (Å²) in [5.74, 6) is 1.00. The van der Waals surface area contributed by atoms with E-state index in [-0.39, 0.29) is 6.61 Å². The van der Waals surface area contributed by atoms with Gasteiger partial charge in [0.25, 0.3) is 0 Å². The Morgan fingerprint density at radius 1 is 1.29 bits per heavy atom. The van der Waals surface area contributed by atoms with Gasteiger partial charge in [-0.15, -0.1) is 11.8 Å². The highest BCUT2D eigenvalue weighted by Crippen LogP contribution is 2.30. The fourth-order valence-corrected chi connectivity index (χ4v) is 3.90. The Morgan fingerprint density at radius 3 is 2.76 bits per heavy atom. The van der Waals surface area contributed by atoms with Crippen LogP contribution in [0.5, 0.6) is 0 Å². The number of nitrogens with zero attached hydrogens (tertiary/aromatic N) is 1. The maximum Gasteiger partial charge on any atom is 0.0701 e. The molecule has 1 heterocycles. The summed E-state index contributed by atoms with van der Waals surface area (Å²) in [6, 6.07) is 5.57. The molecule has 0 radical (unpaired) electrons. The standard InChI is InChI=1S/C15H21Cl2NO2S/c16-12-1-2-14(17)15(11-12)21-10-7-18-5-3-13(4-6-18)20-9-8-19/h1-2,11,13,19H,3-10H2. The first-order valence-electron chi connectivity index (χ1n) is 7.21. The third kappa shape index (κ3) is 5.97. The van der Waals surface area contributed by atoms with Crippen LogP contribution in [0, 0.1) is 0 Å². The highest BCUT2D eigenvalue weighted by atomic mass is 35.5. The molecule has 3 nitrogen and oxygen atoms in total. The molecule has 0 aliphatic carbocycles. The zero-order chi connectivity index (χ0) is 15.1. The van der Waals surface area contributed by atoms with Crippen LogP contribution in [-0.2, 0) is 4.74 Å². The van der Waals surface area contributed by atoms with E-state index in [0.29, 0.717) is 12.7 Å². The molecule has 0 saturated carbocycles. The molecule has 0 unspecified atom stereocenters. The average molecular weight is 350 g/mol. The van der Waals surface area contributed by atoms with E-state index in [0.717, 1.165) is 53.2 Å². The summed E-state index contributed by atoms with van der Waals surface area (Å²) in [5, 5.41) is 10.2. The van der Waals surface area contributed by atoms with Crippen LogP contribution in [0.3, 0.4) is 0 Å². The largest absolute Gasteiger partial charge is 0.394 e.